The lowest BCUT2D eigenvalue weighted by Gasteiger charge is -2.14. The van der Waals surface area contributed by atoms with Gasteiger partial charge in [0.2, 0.25) is 0 Å². The van der Waals surface area contributed by atoms with Crippen LogP contribution in [0.25, 0.3) is 0 Å². The molecule has 0 spiro atoms. The van der Waals surface area contributed by atoms with Crippen LogP contribution in [0.15, 0.2) is 42.5 Å². The number of anilines is 1. The van der Waals surface area contributed by atoms with E-state index in [4.69, 9.17) is 9.47 Å². The molecule has 0 unspecified atom stereocenters. The summed E-state index contributed by atoms with van der Waals surface area (Å²) in [5.41, 5.74) is 3.03. The number of hydrogen-bond acceptors (Lipinski definition) is 4. The molecular formula is C23H32N2O3. The minimum atomic E-state index is -0.203. The summed E-state index contributed by atoms with van der Waals surface area (Å²) in [5.74, 6) is 1.72. The summed E-state index contributed by atoms with van der Waals surface area (Å²) in [7, 11) is 0. The first-order chi connectivity index (χ1) is 13.5. The summed E-state index contributed by atoms with van der Waals surface area (Å²) in [5, 5.41) is 6.27. The highest BCUT2D eigenvalue weighted by atomic mass is 16.5. The molecule has 0 heterocycles. The maximum atomic E-state index is 12.1. The molecule has 2 rings (SSSR count). The third-order valence-corrected chi connectivity index (χ3v) is 4.23. The molecular weight excluding hydrogens is 352 g/mol. The molecule has 2 aromatic rings. The van der Waals surface area contributed by atoms with Crippen molar-refractivity contribution in [1.82, 2.24) is 5.32 Å². The van der Waals surface area contributed by atoms with Gasteiger partial charge in [-0.05, 0) is 62.6 Å². The molecule has 0 bridgehead atoms. The first kappa shape index (κ1) is 21.8. The molecule has 0 aliphatic heterocycles. The van der Waals surface area contributed by atoms with Crippen LogP contribution < -0.4 is 20.1 Å². The van der Waals surface area contributed by atoms with Crippen LogP contribution in [0, 0.1) is 12.8 Å². The summed E-state index contributed by atoms with van der Waals surface area (Å²) in [6.07, 6.45) is 1.15. The summed E-state index contributed by atoms with van der Waals surface area (Å²) in [4.78, 5) is 12.1. The molecule has 2 N–H and O–H groups in total. The van der Waals surface area contributed by atoms with Gasteiger partial charge in [-0.25, -0.2) is 0 Å². The fourth-order valence-corrected chi connectivity index (χ4v) is 2.65. The van der Waals surface area contributed by atoms with Crippen molar-refractivity contribution in [3.8, 4) is 11.5 Å². The SMILES string of the molecule is CCOc1cc(CNCCC(C)C)ccc1OCC(=O)Nc1ccc(C)cc1. The van der Waals surface area contributed by atoms with Crippen molar-refractivity contribution in [2.24, 2.45) is 5.92 Å². The molecule has 0 aromatic heterocycles. The molecule has 0 radical (unpaired) electrons. The summed E-state index contributed by atoms with van der Waals surface area (Å²) in [6, 6.07) is 13.5. The minimum absolute atomic E-state index is 0.0695. The van der Waals surface area contributed by atoms with Gasteiger partial charge in [-0.2, -0.15) is 0 Å². The zero-order chi connectivity index (χ0) is 20.4. The average Bonchev–Trinajstić information content (AvgIpc) is 2.66. The highest BCUT2D eigenvalue weighted by Gasteiger charge is 2.10. The van der Waals surface area contributed by atoms with Crippen molar-refractivity contribution in [2.45, 2.75) is 40.7 Å². The van der Waals surface area contributed by atoms with Crippen LogP contribution in [-0.2, 0) is 11.3 Å². The predicted molar refractivity (Wildman–Crippen MR) is 114 cm³/mol. The van der Waals surface area contributed by atoms with E-state index >= 15 is 0 Å². The van der Waals surface area contributed by atoms with E-state index in [2.05, 4.69) is 24.5 Å². The topological polar surface area (TPSA) is 59.6 Å². The van der Waals surface area contributed by atoms with Crippen LogP contribution in [0.3, 0.4) is 0 Å². The van der Waals surface area contributed by atoms with Crippen molar-refractivity contribution in [2.75, 3.05) is 25.1 Å². The molecule has 0 aliphatic rings. The molecule has 0 saturated heterocycles. The average molecular weight is 385 g/mol. The number of carbonyl (C=O) groups is 1. The van der Waals surface area contributed by atoms with E-state index in [-0.39, 0.29) is 12.5 Å². The summed E-state index contributed by atoms with van der Waals surface area (Å²) < 4.78 is 11.4. The highest BCUT2D eigenvalue weighted by Crippen LogP contribution is 2.28. The van der Waals surface area contributed by atoms with E-state index in [1.807, 2.05) is 56.3 Å². The number of aryl methyl sites for hydroxylation is 1. The van der Waals surface area contributed by atoms with Crippen molar-refractivity contribution < 1.29 is 14.3 Å². The molecule has 1 amide bonds. The second kappa shape index (κ2) is 11.3. The number of amides is 1. The Morgan fingerprint density at radius 1 is 1.04 bits per heavy atom. The first-order valence-electron chi connectivity index (χ1n) is 9.93. The van der Waals surface area contributed by atoms with Gasteiger partial charge in [0, 0.05) is 12.2 Å². The smallest absolute Gasteiger partial charge is 0.262 e. The molecule has 0 atom stereocenters. The van der Waals surface area contributed by atoms with E-state index in [9.17, 15) is 4.79 Å². The van der Waals surface area contributed by atoms with Gasteiger partial charge in [0.15, 0.2) is 18.1 Å². The van der Waals surface area contributed by atoms with E-state index < -0.39 is 0 Å². The van der Waals surface area contributed by atoms with Gasteiger partial charge in [-0.3, -0.25) is 4.79 Å². The van der Waals surface area contributed by atoms with E-state index in [1.165, 1.54) is 0 Å². The second-order valence-corrected chi connectivity index (χ2v) is 7.28. The Hall–Kier alpha value is -2.53. The largest absolute Gasteiger partial charge is 0.490 e. The number of hydrogen-bond donors (Lipinski definition) is 2. The molecule has 5 nitrogen and oxygen atoms in total. The van der Waals surface area contributed by atoms with Crippen LogP contribution >= 0.6 is 0 Å². The van der Waals surface area contributed by atoms with Gasteiger partial charge in [0.1, 0.15) is 0 Å². The maximum Gasteiger partial charge on any atom is 0.262 e. The number of nitrogens with one attached hydrogen (secondary N) is 2. The van der Waals surface area contributed by atoms with E-state index in [0.717, 1.165) is 36.3 Å². The van der Waals surface area contributed by atoms with Gasteiger partial charge in [-0.15, -0.1) is 0 Å². The van der Waals surface area contributed by atoms with Gasteiger partial charge >= 0.3 is 0 Å². The molecule has 28 heavy (non-hydrogen) atoms. The van der Waals surface area contributed by atoms with Crippen LogP contribution in [0.1, 0.15) is 38.3 Å². The third-order valence-electron chi connectivity index (χ3n) is 4.23. The summed E-state index contributed by atoms with van der Waals surface area (Å²) >= 11 is 0. The van der Waals surface area contributed by atoms with Crippen LogP contribution in [0.4, 0.5) is 5.69 Å². The Morgan fingerprint density at radius 2 is 1.79 bits per heavy atom. The number of rotatable bonds is 11. The second-order valence-electron chi connectivity index (χ2n) is 7.28. The summed E-state index contributed by atoms with van der Waals surface area (Å²) in [6.45, 7) is 10.6. The van der Waals surface area contributed by atoms with E-state index in [0.29, 0.717) is 24.0 Å². The third kappa shape index (κ3) is 7.61. The fraction of sp³-hybridized carbons (Fsp3) is 0.435. The molecule has 0 saturated carbocycles. The molecule has 0 aliphatic carbocycles. The van der Waals surface area contributed by atoms with Gasteiger partial charge in [0.05, 0.1) is 6.61 Å². The molecule has 2 aromatic carbocycles. The maximum absolute atomic E-state index is 12.1. The lowest BCUT2D eigenvalue weighted by molar-refractivity contribution is -0.118. The minimum Gasteiger partial charge on any atom is -0.490 e. The normalized spacial score (nSPS) is 10.8. The zero-order valence-electron chi connectivity index (χ0n) is 17.4. The Kier molecular flexibility index (Phi) is 8.82. The van der Waals surface area contributed by atoms with Gasteiger partial charge < -0.3 is 20.1 Å². The lowest BCUT2D eigenvalue weighted by atomic mass is 10.1. The van der Waals surface area contributed by atoms with E-state index in [1.54, 1.807) is 0 Å². The monoisotopic (exact) mass is 384 g/mol. The first-order valence-corrected chi connectivity index (χ1v) is 9.93. The fourth-order valence-electron chi connectivity index (χ4n) is 2.65. The van der Waals surface area contributed by atoms with Gasteiger partial charge in [-0.1, -0.05) is 37.6 Å². The Bertz CT molecular complexity index is 742. The Morgan fingerprint density at radius 3 is 2.46 bits per heavy atom. The van der Waals surface area contributed by atoms with Crippen molar-refractivity contribution in [3.05, 3.63) is 53.6 Å². The van der Waals surface area contributed by atoms with Crippen LogP contribution in [0.2, 0.25) is 0 Å². The Labute approximate surface area is 168 Å². The zero-order valence-corrected chi connectivity index (χ0v) is 17.4. The van der Waals surface area contributed by atoms with Crippen LogP contribution in [0.5, 0.6) is 11.5 Å². The number of benzene rings is 2. The molecule has 152 valence electrons. The van der Waals surface area contributed by atoms with Crippen molar-refractivity contribution in [3.63, 3.8) is 0 Å². The predicted octanol–water partition coefficient (Wildman–Crippen LogP) is 4.55. The number of ether oxygens (including phenoxy) is 2. The van der Waals surface area contributed by atoms with Crippen molar-refractivity contribution >= 4 is 11.6 Å². The van der Waals surface area contributed by atoms with Crippen molar-refractivity contribution in [1.29, 1.82) is 0 Å². The number of carbonyl (C=O) groups excluding carboxylic acids is 1. The van der Waals surface area contributed by atoms with Gasteiger partial charge in [0.25, 0.3) is 5.91 Å². The standard InChI is InChI=1S/C23H32N2O3/c1-5-27-22-14-19(15-24-13-12-17(2)3)8-11-21(22)28-16-23(26)25-20-9-6-18(4)7-10-20/h6-11,14,17,24H,5,12-13,15-16H2,1-4H3,(H,25,26). The molecule has 5 heteroatoms. The lowest BCUT2D eigenvalue weighted by Crippen LogP contribution is -2.20. The quantitative estimate of drug-likeness (QED) is 0.558. The van der Waals surface area contributed by atoms with Crippen LogP contribution in [-0.4, -0.2) is 25.7 Å². The Balaban J connectivity index is 1.90. The molecule has 0 fully saturated rings. The highest BCUT2D eigenvalue weighted by molar-refractivity contribution is 5.91.